The lowest BCUT2D eigenvalue weighted by molar-refractivity contribution is 0.0905. The molecule has 4 rings (SSSR count). The molecule has 112 valence electrons. The van der Waals surface area contributed by atoms with E-state index in [4.69, 9.17) is 4.42 Å². The summed E-state index contributed by atoms with van der Waals surface area (Å²) in [6.07, 6.45) is 3.88. The number of H-pyrrole nitrogens is 1. The monoisotopic (exact) mass is 298 g/mol. The molecule has 1 aromatic carbocycles. The van der Waals surface area contributed by atoms with Gasteiger partial charge in [-0.25, -0.2) is 4.39 Å². The number of aromatic nitrogens is 1. The molecule has 0 spiro atoms. The Hall–Kier alpha value is -2.56. The Morgan fingerprint density at radius 3 is 3.09 bits per heavy atom. The van der Waals surface area contributed by atoms with Gasteiger partial charge in [0.1, 0.15) is 5.82 Å². The van der Waals surface area contributed by atoms with Crippen molar-refractivity contribution < 1.29 is 13.6 Å². The second-order valence-corrected chi connectivity index (χ2v) is 5.66. The van der Waals surface area contributed by atoms with E-state index in [1.165, 1.54) is 12.3 Å². The van der Waals surface area contributed by atoms with Gasteiger partial charge in [-0.05, 0) is 55.2 Å². The lowest BCUT2D eigenvalue weighted by atomic mass is 9.91. The first-order valence-corrected chi connectivity index (χ1v) is 7.34. The van der Waals surface area contributed by atoms with Crippen LogP contribution in [0.15, 0.2) is 41.0 Å². The van der Waals surface area contributed by atoms with Crippen LogP contribution in [0.2, 0.25) is 0 Å². The van der Waals surface area contributed by atoms with Gasteiger partial charge in [-0.1, -0.05) is 0 Å². The summed E-state index contributed by atoms with van der Waals surface area (Å²) in [5.41, 5.74) is 3.19. The second-order valence-electron chi connectivity index (χ2n) is 5.66. The highest BCUT2D eigenvalue weighted by atomic mass is 19.1. The van der Waals surface area contributed by atoms with Crippen LogP contribution in [0.5, 0.6) is 0 Å². The lowest BCUT2D eigenvalue weighted by Gasteiger charge is -2.23. The molecule has 0 saturated carbocycles. The third-order valence-corrected chi connectivity index (χ3v) is 4.23. The molecule has 1 aliphatic carbocycles. The summed E-state index contributed by atoms with van der Waals surface area (Å²) in [5.74, 6) is -0.128. The fourth-order valence-electron chi connectivity index (χ4n) is 3.18. The number of amides is 1. The van der Waals surface area contributed by atoms with Crippen molar-refractivity contribution >= 4 is 16.8 Å². The molecular formula is C17H15FN2O2. The van der Waals surface area contributed by atoms with Crippen LogP contribution in [-0.4, -0.2) is 16.9 Å². The summed E-state index contributed by atoms with van der Waals surface area (Å²) in [7, 11) is 0. The van der Waals surface area contributed by atoms with Gasteiger partial charge < -0.3 is 14.7 Å². The predicted octanol–water partition coefficient (Wildman–Crippen LogP) is 3.19. The summed E-state index contributed by atoms with van der Waals surface area (Å²) in [5, 5.41) is 3.90. The van der Waals surface area contributed by atoms with Gasteiger partial charge in [0.2, 0.25) is 0 Å². The van der Waals surface area contributed by atoms with Crippen LogP contribution in [0.3, 0.4) is 0 Å². The summed E-state index contributed by atoms with van der Waals surface area (Å²) in [4.78, 5) is 15.4. The standard InChI is InChI=1S/C17H15FN2O2/c18-10-3-5-14-12(8-10)13-9-11(4-6-15(13)20-14)19-17(21)16-2-1-7-22-16/h1-3,5,7-8,11,20H,4,6,9H2,(H,19,21). The smallest absolute Gasteiger partial charge is 0.287 e. The minimum absolute atomic E-state index is 0.0346. The van der Waals surface area contributed by atoms with Crippen LogP contribution in [0.4, 0.5) is 4.39 Å². The van der Waals surface area contributed by atoms with Crippen molar-refractivity contribution in [3.63, 3.8) is 0 Å². The Morgan fingerprint density at radius 1 is 1.36 bits per heavy atom. The van der Waals surface area contributed by atoms with E-state index < -0.39 is 0 Å². The van der Waals surface area contributed by atoms with Crippen molar-refractivity contribution in [1.29, 1.82) is 0 Å². The van der Waals surface area contributed by atoms with Crippen LogP contribution in [0.1, 0.15) is 28.2 Å². The van der Waals surface area contributed by atoms with Crippen LogP contribution in [0, 0.1) is 5.82 Å². The normalized spacial score (nSPS) is 17.4. The van der Waals surface area contributed by atoms with E-state index in [1.54, 1.807) is 24.3 Å². The van der Waals surface area contributed by atoms with Gasteiger partial charge in [0.15, 0.2) is 5.76 Å². The first-order valence-electron chi connectivity index (χ1n) is 7.34. The minimum Gasteiger partial charge on any atom is -0.459 e. The number of fused-ring (bicyclic) bond motifs is 3. The molecule has 0 bridgehead atoms. The number of hydrogen-bond acceptors (Lipinski definition) is 2. The maximum absolute atomic E-state index is 13.5. The zero-order valence-electron chi connectivity index (χ0n) is 11.9. The number of hydrogen-bond donors (Lipinski definition) is 2. The number of nitrogens with one attached hydrogen (secondary N) is 2. The molecule has 0 aliphatic heterocycles. The summed E-state index contributed by atoms with van der Waals surface area (Å²) in [6.45, 7) is 0. The van der Waals surface area contributed by atoms with Crippen molar-refractivity contribution in [3.05, 3.63) is 59.4 Å². The number of aryl methyl sites for hydroxylation is 1. The third kappa shape index (κ3) is 2.19. The Morgan fingerprint density at radius 2 is 2.27 bits per heavy atom. The quantitative estimate of drug-likeness (QED) is 0.763. The molecule has 4 nitrogen and oxygen atoms in total. The van der Waals surface area contributed by atoms with Crippen molar-refractivity contribution in [2.24, 2.45) is 0 Å². The van der Waals surface area contributed by atoms with E-state index >= 15 is 0 Å². The number of benzene rings is 1. The molecule has 0 fully saturated rings. The molecular weight excluding hydrogens is 283 g/mol. The zero-order valence-corrected chi connectivity index (χ0v) is 11.9. The van der Waals surface area contributed by atoms with Crippen molar-refractivity contribution in [2.45, 2.75) is 25.3 Å². The highest BCUT2D eigenvalue weighted by Gasteiger charge is 2.24. The van der Waals surface area contributed by atoms with Gasteiger partial charge >= 0.3 is 0 Å². The molecule has 1 atom stereocenters. The van der Waals surface area contributed by atoms with Gasteiger partial charge in [0.05, 0.1) is 6.26 Å². The number of halogens is 1. The second kappa shape index (κ2) is 5.02. The number of carbonyl (C=O) groups is 1. The summed E-state index contributed by atoms with van der Waals surface area (Å²) >= 11 is 0. The van der Waals surface area contributed by atoms with Gasteiger partial charge in [-0.15, -0.1) is 0 Å². The molecule has 5 heteroatoms. The maximum atomic E-state index is 13.5. The summed E-state index contributed by atoms with van der Waals surface area (Å²) in [6, 6.07) is 8.15. The molecule has 1 amide bonds. The zero-order chi connectivity index (χ0) is 15.1. The minimum atomic E-state index is -0.240. The van der Waals surface area contributed by atoms with E-state index in [0.29, 0.717) is 12.2 Å². The third-order valence-electron chi connectivity index (χ3n) is 4.23. The fourth-order valence-corrected chi connectivity index (χ4v) is 3.18. The molecule has 1 aliphatic rings. The maximum Gasteiger partial charge on any atom is 0.287 e. The topological polar surface area (TPSA) is 58.0 Å². The average Bonchev–Trinajstić information content (AvgIpc) is 3.14. The molecule has 0 saturated heterocycles. The van der Waals surface area contributed by atoms with E-state index in [9.17, 15) is 9.18 Å². The average molecular weight is 298 g/mol. The summed E-state index contributed by atoms with van der Waals surface area (Å²) < 4.78 is 18.6. The number of furan rings is 1. The van der Waals surface area contributed by atoms with E-state index in [-0.39, 0.29) is 17.8 Å². The van der Waals surface area contributed by atoms with Crippen LogP contribution < -0.4 is 5.32 Å². The van der Waals surface area contributed by atoms with E-state index in [2.05, 4.69) is 10.3 Å². The Bertz CT molecular complexity index is 836. The highest BCUT2D eigenvalue weighted by Crippen LogP contribution is 2.29. The Labute approximate surface area is 126 Å². The van der Waals surface area contributed by atoms with Crippen molar-refractivity contribution in [1.82, 2.24) is 10.3 Å². The molecule has 2 N–H and O–H groups in total. The van der Waals surface area contributed by atoms with Gasteiger partial charge in [0.25, 0.3) is 5.91 Å². The SMILES string of the molecule is O=C(NC1CCc2[nH]c3ccc(F)cc3c2C1)c1ccco1. The molecule has 2 heterocycles. The molecule has 1 unspecified atom stereocenters. The molecule has 0 radical (unpaired) electrons. The predicted molar refractivity (Wildman–Crippen MR) is 80.2 cm³/mol. The van der Waals surface area contributed by atoms with Crippen LogP contribution >= 0.6 is 0 Å². The first kappa shape index (κ1) is 13.1. The molecule has 2 aromatic heterocycles. The van der Waals surface area contributed by atoms with Crippen molar-refractivity contribution in [2.75, 3.05) is 0 Å². The number of rotatable bonds is 2. The van der Waals surface area contributed by atoms with Crippen LogP contribution in [0.25, 0.3) is 10.9 Å². The van der Waals surface area contributed by atoms with E-state index in [0.717, 1.165) is 35.0 Å². The van der Waals surface area contributed by atoms with Crippen molar-refractivity contribution in [3.8, 4) is 0 Å². The van der Waals surface area contributed by atoms with Gasteiger partial charge in [0, 0.05) is 22.6 Å². The Balaban J connectivity index is 1.59. The highest BCUT2D eigenvalue weighted by molar-refractivity contribution is 5.91. The lowest BCUT2D eigenvalue weighted by Crippen LogP contribution is -2.38. The largest absolute Gasteiger partial charge is 0.459 e. The van der Waals surface area contributed by atoms with E-state index in [1.807, 2.05) is 0 Å². The first-order chi connectivity index (χ1) is 10.7. The number of aromatic amines is 1. The van der Waals surface area contributed by atoms with Gasteiger partial charge in [-0.3, -0.25) is 4.79 Å². The fraction of sp³-hybridized carbons (Fsp3) is 0.235. The van der Waals surface area contributed by atoms with Crippen LogP contribution in [-0.2, 0) is 12.8 Å². The molecule has 3 aromatic rings. The van der Waals surface area contributed by atoms with Gasteiger partial charge in [-0.2, -0.15) is 0 Å². The Kier molecular flexibility index (Phi) is 2.99. The number of carbonyl (C=O) groups excluding carboxylic acids is 1. The molecule has 22 heavy (non-hydrogen) atoms.